The van der Waals surface area contributed by atoms with E-state index in [4.69, 9.17) is 30.3 Å². The number of hydrogen-bond donors (Lipinski definition) is 1. The predicted molar refractivity (Wildman–Crippen MR) is 106 cm³/mol. The molecule has 0 saturated heterocycles. The first-order chi connectivity index (χ1) is 13.5. The maximum absolute atomic E-state index is 9.79. The van der Waals surface area contributed by atoms with E-state index < -0.39 is 0 Å². The van der Waals surface area contributed by atoms with Crippen LogP contribution in [0.25, 0.3) is 22.5 Å². The number of methoxy groups -OCH3 is 2. The first-order valence-corrected chi connectivity index (χ1v) is 8.83. The summed E-state index contributed by atoms with van der Waals surface area (Å²) in [6, 6.07) is 10.2. The summed E-state index contributed by atoms with van der Waals surface area (Å²) in [7, 11) is 3.12. The molecule has 2 aromatic carbocycles. The lowest BCUT2D eigenvalue weighted by molar-refractivity contribution is 0.318. The Morgan fingerprint density at radius 2 is 1.89 bits per heavy atom. The number of hydrogen-bond acceptors (Lipinski definition) is 7. The molecule has 1 heterocycles. The molecule has 1 aromatic heterocycles. The van der Waals surface area contributed by atoms with E-state index in [9.17, 15) is 5.11 Å². The largest absolute Gasteiger partial charge is 0.504 e. The molecule has 0 bridgehead atoms. The molecule has 0 aliphatic heterocycles. The number of aromatic nitrogens is 2. The molecule has 146 valence electrons. The normalized spacial score (nSPS) is 11.4. The zero-order valence-corrected chi connectivity index (χ0v) is 16.4. The summed E-state index contributed by atoms with van der Waals surface area (Å²) in [4.78, 5) is 4.33. The van der Waals surface area contributed by atoms with Gasteiger partial charge >= 0.3 is 0 Å². The van der Waals surface area contributed by atoms with Gasteiger partial charge in [0.05, 0.1) is 20.8 Å². The summed E-state index contributed by atoms with van der Waals surface area (Å²) in [6.45, 7) is 2.27. The predicted octanol–water partition coefficient (Wildman–Crippen LogP) is 4.60. The fourth-order valence-corrected chi connectivity index (χ4v) is 2.72. The average molecular weight is 403 g/mol. The zero-order valence-electron chi connectivity index (χ0n) is 15.6. The van der Waals surface area contributed by atoms with Gasteiger partial charge in [0.25, 0.3) is 5.89 Å². The fraction of sp³-hybridized carbons (Fsp3) is 0.200. The Balaban J connectivity index is 1.87. The second kappa shape index (κ2) is 8.67. The van der Waals surface area contributed by atoms with Gasteiger partial charge < -0.3 is 23.8 Å². The highest BCUT2D eigenvalue weighted by Gasteiger charge is 2.14. The lowest BCUT2D eigenvalue weighted by Crippen LogP contribution is -1.92. The first kappa shape index (κ1) is 19.6. The molecule has 3 aromatic rings. The zero-order chi connectivity index (χ0) is 20.1. The third-order valence-corrected chi connectivity index (χ3v) is 4.12. The van der Waals surface area contributed by atoms with Crippen LogP contribution < -0.4 is 14.2 Å². The van der Waals surface area contributed by atoms with Gasteiger partial charge in [-0.15, -0.1) is 0 Å². The van der Waals surface area contributed by atoms with Crippen molar-refractivity contribution < 1.29 is 23.8 Å². The topological polar surface area (TPSA) is 86.8 Å². The summed E-state index contributed by atoms with van der Waals surface area (Å²) in [5.41, 5.74) is 1.41. The Morgan fingerprint density at radius 3 is 2.61 bits per heavy atom. The van der Waals surface area contributed by atoms with Crippen molar-refractivity contribution >= 4 is 22.7 Å². The molecule has 7 nitrogen and oxygen atoms in total. The Morgan fingerprint density at radius 1 is 1.11 bits per heavy atom. The van der Waals surface area contributed by atoms with E-state index in [1.54, 1.807) is 50.6 Å². The quantitative estimate of drug-likeness (QED) is 0.618. The smallest absolute Gasteiger partial charge is 0.269 e. The Hall–Kier alpha value is -3.19. The number of halogens is 1. The summed E-state index contributed by atoms with van der Waals surface area (Å²) in [5, 5.41) is 14.0. The van der Waals surface area contributed by atoms with Gasteiger partial charge in [0.15, 0.2) is 23.0 Å². The van der Waals surface area contributed by atoms with Crippen molar-refractivity contribution in [2.75, 3.05) is 20.8 Å². The second-order valence-electron chi connectivity index (χ2n) is 5.65. The minimum absolute atomic E-state index is 0.0589. The van der Waals surface area contributed by atoms with Crippen molar-refractivity contribution in [2.24, 2.45) is 0 Å². The standard InChI is InChI=1S/C20H19ClN2O5/c1-4-27-17-10-12(5-7-15(17)24)9-14(21)20-22-19(23-28-20)13-6-8-16(25-2)18(11-13)26-3/h5-11,24H,4H2,1-3H3/b14-9-. The SMILES string of the molecule is CCOc1cc(/C=C(\Cl)c2nc(-c3ccc(OC)c(OC)c3)no2)ccc1O. The number of phenols is 1. The minimum atomic E-state index is 0.0589. The molecule has 0 spiro atoms. The van der Waals surface area contributed by atoms with E-state index in [0.29, 0.717) is 35.2 Å². The van der Waals surface area contributed by atoms with Crippen molar-refractivity contribution in [3.8, 4) is 34.4 Å². The third-order valence-electron chi connectivity index (χ3n) is 3.85. The van der Waals surface area contributed by atoms with Crippen molar-refractivity contribution in [2.45, 2.75) is 6.92 Å². The average Bonchev–Trinajstić information content (AvgIpc) is 3.20. The second-order valence-corrected chi connectivity index (χ2v) is 6.05. The molecule has 1 N–H and O–H groups in total. The maximum Gasteiger partial charge on any atom is 0.269 e. The number of benzene rings is 2. The van der Waals surface area contributed by atoms with E-state index >= 15 is 0 Å². The van der Waals surface area contributed by atoms with E-state index in [0.717, 1.165) is 5.56 Å². The van der Waals surface area contributed by atoms with Crippen LogP contribution in [0.2, 0.25) is 0 Å². The number of ether oxygens (including phenoxy) is 3. The highest BCUT2D eigenvalue weighted by molar-refractivity contribution is 6.50. The van der Waals surface area contributed by atoms with E-state index in [1.165, 1.54) is 6.07 Å². The monoisotopic (exact) mass is 402 g/mol. The highest BCUT2D eigenvalue weighted by atomic mass is 35.5. The Labute approximate surface area is 167 Å². The molecule has 0 saturated carbocycles. The van der Waals surface area contributed by atoms with Gasteiger partial charge in [0, 0.05) is 5.56 Å². The van der Waals surface area contributed by atoms with Gasteiger partial charge in [-0.05, 0) is 48.9 Å². The van der Waals surface area contributed by atoms with E-state index in [2.05, 4.69) is 10.1 Å². The molecule has 28 heavy (non-hydrogen) atoms. The van der Waals surface area contributed by atoms with Crippen LogP contribution in [0.1, 0.15) is 18.4 Å². The lowest BCUT2D eigenvalue weighted by Gasteiger charge is -2.07. The molecule has 8 heteroatoms. The minimum Gasteiger partial charge on any atom is -0.504 e. The molecule has 0 atom stereocenters. The molecular formula is C20H19ClN2O5. The van der Waals surface area contributed by atoms with Crippen LogP contribution in [-0.2, 0) is 0 Å². The van der Waals surface area contributed by atoms with Crippen LogP contribution >= 0.6 is 11.6 Å². The summed E-state index contributed by atoms with van der Waals surface area (Å²) < 4.78 is 21.2. The van der Waals surface area contributed by atoms with Crippen molar-refractivity contribution in [3.05, 3.63) is 47.9 Å². The molecule has 0 radical (unpaired) electrons. The Kier molecular flexibility index (Phi) is 6.06. The molecule has 0 fully saturated rings. The number of phenolic OH excluding ortho intramolecular Hbond substituents is 1. The molecular weight excluding hydrogens is 384 g/mol. The Bertz CT molecular complexity index is 1000. The first-order valence-electron chi connectivity index (χ1n) is 8.45. The summed E-state index contributed by atoms with van der Waals surface area (Å²) >= 11 is 6.33. The van der Waals surface area contributed by atoms with Crippen LogP contribution in [0.5, 0.6) is 23.0 Å². The summed E-state index contributed by atoms with van der Waals surface area (Å²) in [6.07, 6.45) is 1.65. The molecule has 0 aliphatic carbocycles. The van der Waals surface area contributed by atoms with E-state index in [1.807, 2.05) is 6.92 Å². The van der Waals surface area contributed by atoms with Crippen molar-refractivity contribution in [1.82, 2.24) is 10.1 Å². The highest BCUT2D eigenvalue weighted by Crippen LogP contribution is 2.33. The van der Waals surface area contributed by atoms with Gasteiger partial charge in [-0.2, -0.15) is 4.98 Å². The van der Waals surface area contributed by atoms with Gasteiger partial charge in [-0.3, -0.25) is 0 Å². The van der Waals surface area contributed by atoms with Crippen LogP contribution in [0.4, 0.5) is 0 Å². The van der Waals surface area contributed by atoms with Gasteiger partial charge in [0.2, 0.25) is 5.82 Å². The van der Waals surface area contributed by atoms with Crippen LogP contribution in [0.3, 0.4) is 0 Å². The number of nitrogens with zero attached hydrogens (tertiary/aromatic N) is 2. The van der Waals surface area contributed by atoms with Crippen LogP contribution in [-0.4, -0.2) is 36.1 Å². The lowest BCUT2D eigenvalue weighted by atomic mass is 10.2. The van der Waals surface area contributed by atoms with Crippen LogP contribution in [0, 0.1) is 0 Å². The molecule has 3 rings (SSSR count). The van der Waals surface area contributed by atoms with Crippen molar-refractivity contribution in [1.29, 1.82) is 0 Å². The van der Waals surface area contributed by atoms with Gasteiger partial charge in [0.1, 0.15) is 5.03 Å². The number of rotatable bonds is 7. The van der Waals surface area contributed by atoms with E-state index in [-0.39, 0.29) is 16.7 Å². The molecule has 0 amide bonds. The van der Waals surface area contributed by atoms with Gasteiger partial charge in [-0.1, -0.05) is 22.8 Å². The van der Waals surface area contributed by atoms with Crippen molar-refractivity contribution in [3.63, 3.8) is 0 Å². The van der Waals surface area contributed by atoms with Gasteiger partial charge in [-0.25, -0.2) is 0 Å². The fourth-order valence-electron chi connectivity index (χ4n) is 2.51. The molecule has 0 aliphatic rings. The number of aromatic hydroxyl groups is 1. The third kappa shape index (κ3) is 4.20. The maximum atomic E-state index is 9.79. The molecule has 0 unspecified atom stereocenters. The van der Waals surface area contributed by atoms with Crippen LogP contribution in [0.15, 0.2) is 40.9 Å². The summed E-state index contributed by atoms with van der Waals surface area (Å²) in [5.74, 6) is 2.12.